The number of hydrogen-bond acceptors (Lipinski definition) is 0. The molecule has 0 N–H and O–H groups in total. The minimum atomic E-state index is 0.882. The Morgan fingerprint density at radius 1 is 0.917 bits per heavy atom. The van der Waals surface area contributed by atoms with E-state index in [1.807, 2.05) is 0 Å². The van der Waals surface area contributed by atoms with Crippen LogP contribution >= 0.6 is 0 Å². The van der Waals surface area contributed by atoms with Crippen LogP contribution in [0, 0.1) is 17.8 Å². The third-order valence-electron chi connectivity index (χ3n) is 4.03. The van der Waals surface area contributed by atoms with E-state index < -0.39 is 0 Å². The second kappa shape index (κ2) is 3.85. The third-order valence-corrected chi connectivity index (χ3v) is 4.03. The van der Waals surface area contributed by atoms with Crippen molar-refractivity contribution in [2.45, 2.75) is 51.3 Å². The second-order valence-electron chi connectivity index (χ2n) is 4.64. The maximum atomic E-state index is 5.79. The maximum absolute atomic E-state index is 5.79. The Bertz CT molecular complexity index is 144. The molecule has 2 radical (unpaired) electrons. The summed E-state index contributed by atoms with van der Waals surface area (Å²) in [4.78, 5) is 0. The zero-order valence-electron chi connectivity index (χ0n) is 7.97. The quantitative estimate of drug-likeness (QED) is 0.519. The van der Waals surface area contributed by atoms with Crippen molar-refractivity contribution in [3.8, 4) is 0 Å². The molecule has 2 unspecified atom stereocenters. The van der Waals surface area contributed by atoms with Crippen molar-refractivity contribution >= 4 is 7.85 Å². The van der Waals surface area contributed by atoms with Crippen LogP contribution in [0.1, 0.15) is 44.9 Å². The van der Waals surface area contributed by atoms with E-state index in [0.29, 0.717) is 0 Å². The lowest BCUT2D eigenvalue weighted by Gasteiger charge is -2.21. The highest BCUT2D eigenvalue weighted by atomic mass is 14.4. The number of rotatable bonds is 1. The first kappa shape index (κ1) is 8.65. The van der Waals surface area contributed by atoms with Gasteiger partial charge < -0.3 is 0 Å². The van der Waals surface area contributed by atoms with Crippen LogP contribution in [0.3, 0.4) is 0 Å². The van der Waals surface area contributed by atoms with Gasteiger partial charge in [-0.15, -0.1) is 0 Å². The smallest absolute Gasteiger partial charge is 0.0656 e. The van der Waals surface area contributed by atoms with Gasteiger partial charge in [-0.3, -0.25) is 0 Å². The molecule has 2 fully saturated rings. The van der Waals surface area contributed by atoms with Crippen LogP contribution in [-0.2, 0) is 0 Å². The fourth-order valence-electron chi connectivity index (χ4n) is 3.33. The number of fused-ring (bicyclic) bond motifs is 1. The summed E-state index contributed by atoms with van der Waals surface area (Å²) in [6.45, 7) is 0. The summed E-state index contributed by atoms with van der Waals surface area (Å²) < 4.78 is 0. The lowest BCUT2D eigenvalue weighted by molar-refractivity contribution is 0.309. The molecule has 0 aromatic carbocycles. The van der Waals surface area contributed by atoms with Gasteiger partial charge in [-0.2, -0.15) is 0 Å². The highest BCUT2D eigenvalue weighted by Crippen LogP contribution is 2.45. The maximum Gasteiger partial charge on any atom is 0.0656 e. The first-order valence-corrected chi connectivity index (χ1v) is 5.62. The van der Waals surface area contributed by atoms with E-state index in [0.717, 1.165) is 24.1 Å². The highest BCUT2D eigenvalue weighted by molar-refractivity contribution is 6.08. The van der Waals surface area contributed by atoms with E-state index in [9.17, 15) is 0 Å². The molecule has 66 valence electrons. The van der Waals surface area contributed by atoms with Crippen LogP contribution in [0.2, 0.25) is 6.32 Å². The fourth-order valence-corrected chi connectivity index (χ4v) is 3.33. The lowest BCUT2D eigenvalue weighted by atomic mass is 9.79. The van der Waals surface area contributed by atoms with Crippen LogP contribution in [0.15, 0.2) is 0 Å². The molecule has 0 aliphatic heterocycles. The Balaban J connectivity index is 1.99. The average Bonchev–Trinajstić information content (AvgIpc) is 2.33. The first-order valence-electron chi connectivity index (χ1n) is 5.62. The molecule has 0 aromatic heterocycles. The van der Waals surface area contributed by atoms with Crippen molar-refractivity contribution in [3.63, 3.8) is 0 Å². The summed E-state index contributed by atoms with van der Waals surface area (Å²) >= 11 is 0. The molecule has 0 nitrogen and oxygen atoms in total. The van der Waals surface area contributed by atoms with E-state index in [1.54, 1.807) is 0 Å². The molecule has 12 heavy (non-hydrogen) atoms. The van der Waals surface area contributed by atoms with E-state index in [2.05, 4.69) is 0 Å². The molecule has 0 spiro atoms. The largest absolute Gasteiger partial charge is 0.0856 e. The van der Waals surface area contributed by atoms with Crippen molar-refractivity contribution in [1.82, 2.24) is 0 Å². The normalized spacial score (nSPS) is 42.2. The van der Waals surface area contributed by atoms with E-state index in [1.165, 1.54) is 44.9 Å². The minimum absolute atomic E-state index is 0.882. The molecule has 2 aliphatic carbocycles. The van der Waals surface area contributed by atoms with Crippen molar-refractivity contribution in [1.29, 1.82) is 0 Å². The van der Waals surface area contributed by atoms with Gasteiger partial charge in [0, 0.05) is 0 Å². The van der Waals surface area contributed by atoms with Gasteiger partial charge in [-0.05, 0) is 30.6 Å². The van der Waals surface area contributed by atoms with Crippen LogP contribution < -0.4 is 0 Å². The van der Waals surface area contributed by atoms with Gasteiger partial charge >= 0.3 is 0 Å². The minimum Gasteiger partial charge on any atom is -0.0856 e. The van der Waals surface area contributed by atoms with Gasteiger partial charge in [0.15, 0.2) is 0 Å². The Kier molecular flexibility index (Phi) is 2.78. The van der Waals surface area contributed by atoms with Crippen LogP contribution in [0.5, 0.6) is 0 Å². The predicted molar refractivity (Wildman–Crippen MR) is 53.4 cm³/mol. The predicted octanol–water partition coefficient (Wildman–Crippen LogP) is 3.18. The second-order valence-corrected chi connectivity index (χ2v) is 4.64. The zero-order valence-corrected chi connectivity index (χ0v) is 7.97. The monoisotopic (exact) mass is 162 g/mol. The third kappa shape index (κ3) is 1.55. The van der Waals surface area contributed by atoms with Gasteiger partial charge in [0.25, 0.3) is 0 Å². The standard InChI is InChI=1S/C11H19B/c12-8-10-7-6-9-4-2-1-3-5-11(9)10/h9-11H,1-8H2/t9?,10?,11-/m0/s1. The van der Waals surface area contributed by atoms with Gasteiger partial charge in [-0.1, -0.05) is 38.4 Å². The summed E-state index contributed by atoms with van der Waals surface area (Å²) in [7, 11) is 5.79. The summed E-state index contributed by atoms with van der Waals surface area (Å²) in [6.07, 6.45) is 11.3. The molecule has 2 rings (SSSR count). The van der Waals surface area contributed by atoms with Crippen LogP contribution in [0.4, 0.5) is 0 Å². The molecule has 2 aliphatic rings. The molecule has 0 bridgehead atoms. The molecule has 3 atom stereocenters. The summed E-state index contributed by atoms with van der Waals surface area (Å²) in [5, 5.41) is 0. The average molecular weight is 162 g/mol. The van der Waals surface area contributed by atoms with Crippen molar-refractivity contribution in [3.05, 3.63) is 0 Å². The summed E-state index contributed by atoms with van der Waals surface area (Å²) in [5.41, 5.74) is 0. The zero-order chi connectivity index (χ0) is 8.39. The summed E-state index contributed by atoms with van der Waals surface area (Å²) in [5.74, 6) is 2.95. The summed E-state index contributed by atoms with van der Waals surface area (Å²) in [6, 6.07) is 0. The van der Waals surface area contributed by atoms with Gasteiger partial charge in [0.2, 0.25) is 0 Å². The Hall–Kier alpha value is 0.0649. The van der Waals surface area contributed by atoms with Crippen molar-refractivity contribution in [2.75, 3.05) is 0 Å². The Morgan fingerprint density at radius 3 is 2.58 bits per heavy atom. The van der Waals surface area contributed by atoms with Gasteiger partial charge in [0.1, 0.15) is 0 Å². The van der Waals surface area contributed by atoms with Crippen LogP contribution in [0.25, 0.3) is 0 Å². The fraction of sp³-hybridized carbons (Fsp3) is 1.00. The molecule has 0 amide bonds. The Labute approximate surface area is 77.5 Å². The molecular weight excluding hydrogens is 143 g/mol. The number of hydrogen-bond donors (Lipinski definition) is 0. The molecule has 2 saturated carbocycles. The van der Waals surface area contributed by atoms with E-state index in [-0.39, 0.29) is 0 Å². The van der Waals surface area contributed by atoms with Crippen molar-refractivity contribution < 1.29 is 0 Å². The Morgan fingerprint density at radius 2 is 1.75 bits per heavy atom. The molecular formula is C11H19B. The molecule has 1 heteroatoms. The topological polar surface area (TPSA) is 0 Å². The molecule has 0 aromatic rings. The van der Waals surface area contributed by atoms with Gasteiger partial charge in [0.05, 0.1) is 7.85 Å². The first-order chi connectivity index (χ1) is 5.92. The van der Waals surface area contributed by atoms with E-state index >= 15 is 0 Å². The molecule has 0 saturated heterocycles. The van der Waals surface area contributed by atoms with Crippen molar-refractivity contribution in [2.24, 2.45) is 17.8 Å². The van der Waals surface area contributed by atoms with Crippen LogP contribution in [-0.4, -0.2) is 7.85 Å². The SMILES string of the molecule is [B]CC1CCC2CCCCC[C@H]12. The lowest BCUT2D eigenvalue weighted by Crippen LogP contribution is -2.13. The highest BCUT2D eigenvalue weighted by Gasteiger charge is 2.34. The van der Waals surface area contributed by atoms with Gasteiger partial charge in [-0.25, -0.2) is 0 Å². The van der Waals surface area contributed by atoms with E-state index in [4.69, 9.17) is 7.85 Å². The molecule has 0 heterocycles.